The Bertz CT molecular complexity index is 785. The summed E-state index contributed by atoms with van der Waals surface area (Å²) in [5.41, 5.74) is 1.64. The van der Waals surface area contributed by atoms with Gasteiger partial charge in [-0.2, -0.15) is 0 Å². The van der Waals surface area contributed by atoms with E-state index in [-0.39, 0.29) is 11.2 Å². The summed E-state index contributed by atoms with van der Waals surface area (Å²) in [5.74, 6) is 0.470. The molecule has 29 heavy (non-hydrogen) atoms. The largest absolute Gasteiger partial charge is 0.382 e. The number of imidazole rings is 1. The van der Waals surface area contributed by atoms with Crippen molar-refractivity contribution in [2.45, 2.75) is 45.6 Å². The van der Waals surface area contributed by atoms with Crippen LogP contribution in [0.15, 0.2) is 41.9 Å². The van der Waals surface area contributed by atoms with Crippen LogP contribution in [-0.2, 0) is 11.3 Å². The van der Waals surface area contributed by atoms with Gasteiger partial charge in [-0.05, 0) is 49.3 Å². The minimum Gasteiger partial charge on any atom is -0.382 e. The lowest BCUT2D eigenvalue weighted by Crippen LogP contribution is -2.43. The molecule has 0 atom stereocenters. The first-order chi connectivity index (χ1) is 14.2. The average Bonchev–Trinajstić information content (AvgIpc) is 3.41. The zero-order valence-electron chi connectivity index (χ0n) is 17.5. The zero-order valence-corrected chi connectivity index (χ0v) is 17.5. The van der Waals surface area contributed by atoms with Crippen molar-refractivity contribution in [3.8, 4) is 5.69 Å². The van der Waals surface area contributed by atoms with Crippen LogP contribution < -0.4 is 10.6 Å². The van der Waals surface area contributed by atoms with Gasteiger partial charge in [0.05, 0.1) is 12.0 Å². The molecule has 1 aliphatic rings. The van der Waals surface area contributed by atoms with E-state index in [9.17, 15) is 4.39 Å². The summed E-state index contributed by atoms with van der Waals surface area (Å²) in [6.07, 6.45) is 11.0. The predicted octanol–water partition coefficient (Wildman–Crippen LogP) is 3.66. The standard InChI is InChI=1S/C22H32FN5O/c1-3-29-13-10-22(8-4-5-9-22)16-27-21(24-2)26-15-18-6-7-20(19(23)14-18)28-12-11-25-17-28/h6-7,11-12,14,17H,3-5,8-10,13,15-16H2,1-2H3,(H2,24,26,27). The Morgan fingerprint density at radius 3 is 2.79 bits per heavy atom. The van der Waals surface area contributed by atoms with Crippen LogP contribution in [0.25, 0.3) is 5.69 Å². The number of guanidine groups is 1. The van der Waals surface area contributed by atoms with E-state index in [1.54, 1.807) is 42.5 Å². The molecular formula is C22H32FN5O. The van der Waals surface area contributed by atoms with Crippen molar-refractivity contribution in [3.05, 3.63) is 48.3 Å². The first-order valence-electron chi connectivity index (χ1n) is 10.4. The highest BCUT2D eigenvalue weighted by atomic mass is 19.1. The maximum Gasteiger partial charge on any atom is 0.191 e. The number of aromatic nitrogens is 2. The Hall–Kier alpha value is -2.41. The van der Waals surface area contributed by atoms with E-state index in [4.69, 9.17) is 4.74 Å². The Morgan fingerprint density at radius 1 is 1.31 bits per heavy atom. The number of benzene rings is 1. The van der Waals surface area contributed by atoms with Crippen LogP contribution in [-0.4, -0.2) is 42.3 Å². The molecule has 1 aliphatic carbocycles. The molecule has 3 rings (SSSR count). The van der Waals surface area contributed by atoms with E-state index in [0.717, 1.165) is 37.7 Å². The minimum absolute atomic E-state index is 0.272. The number of halogens is 1. The maximum absolute atomic E-state index is 14.4. The number of aliphatic imine (C=N–C) groups is 1. The number of ether oxygens (including phenoxy) is 1. The van der Waals surface area contributed by atoms with Gasteiger partial charge in [-0.1, -0.05) is 18.9 Å². The van der Waals surface area contributed by atoms with Crippen LogP contribution in [0, 0.1) is 11.2 Å². The second kappa shape index (κ2) is 10.4. The van der Waals surface area contributed by atoms with Gasteiger partial charge in [0, 0.05) is 45.7 Å². The summed E-state index contributed by atoms with van der Waals surface area (Å²) in [6, 6.07) is 5.24. The first-order valence-corrected chi connectivity index (χ1v) is 10.4. The van der Waals surface area contributed by atoms with Crippen molar-refractivity contribution in [2.24, 2.45) is 10.4 Å². The molecule has 0 amide bonds. The summed E-state index contributed by atoms with van der Waals surface area (Å²) in [7, 11) is 1.76. The van der Waals surface area contributed by atoms with Gasteiger partial charge in [-0.3, -0.25) is 4.99 Å². The zero-order chi connectivity index (χ0) is 20.5. The van der Waals surface area contributed by atoms with Crippen molar-refractivity contribution in [1.82, 2.24) is 20.2 Å². The Balaban J connectivity index is 1.53. The molecule has 0 bridgehead atoms. The predicted molar refractivity (Wildman–Crippen MR) is 114 cm³/mol. The van der Waals surface area contributed by atoms with Gasteiger partial charge < -0.3 is 19.9 Å². The monoisotopic (exact) mass is 401 g/mol. The number of rotatable bonds is 9. The number of hydrogen-bond donors (Lipinski definition) is 2. The van der Waals surface area contributed by atoms with Crippen molar-refractivity contribution in [2.75, 3.05) is 26.8 Å². The molecule has 158 valence electrons. The molecule has 2 aromatic rings. The van der Waals surface area contributed by atoms with Gasteiger partial charge >= 0.3 is 0 Å². The van der Waals surface area contributed by atoms with E-state index < -0.39 is 0 Å². The fourth-order valence-corrected chi connectivity index (χ4v) is 4.02. The van der Waals surface area contributed by atoms with Crippen LogP contribution >= 0.6 is 0 Å². The lowest BCUT2D eigenvalue weighted by atomic mass is 9.83. The van der Waals surface area contributed by atoms with Gasteiger partial charge in [-0.15, -0.1) is 0 Å². The van der Waals surface area contributed by atoms with E-state index in [0.29, 0.717) is 12.2 Å². The quantitative estimate of drug-likeness (QED) is 0.382. The molecule has 1 saturated carbocycles. The molecular weight excluding hydrogens is 369 g/mol. The second-order valence-corrected chi connectivity index (χ2v) is 7.69. The van der Waals surface area contributed by atoms with Crippen LogP contribution in [0.3, 0.4) is 0 Å². The second-order valence-electron chi connectivity index (χ2n) is 7.69. The summed E-state index contributed by atoms with van der Waals surface area (Å²) in [4.78, 5) is 8.30. The number of nitrogens with zero attached hydrogens (tertiary/aromatic N) is 3. The van der Waals surface area contributed by atoms with E-state index >= 15 is 0 Å². The fourth-order valence-electron chi connectivity index (χ4n) is 4.02. The van der Waals surface area contributed by atoms with Crippen molar-refractivity contribution in [3.63, 3.8) is 0 Å². The Kier molecular flexibility index (Phi) is 7.63. The fraction of sp³-hybridized carbons (Fsp3) is 0.545. The first kappa shape index (κ1) is 21.3. The lowest BCUT2D eigenvalue weighted by Gasteiger charge is -2.30. The van der Waals surface area contributed by atoms with E-state index in [1.807, 2.05) is 13.0 Å². The normalized spacial score (nSPS) is 16.2. The van der Waals surface area contributed by atoms with Gasteiger partial charge in [0.25, 0.3) is 0 Å². The third-order valence-corrected chi connectivity index (χ3v) is 5.75. The SMILES string of the molecule is CCOCCC1(CNC(=NC)NCc2ccc(-n3ccnc3)c(F)c2)CCCC1. The topological polar surface area (TPSA) is 63.5 Å². The molecule has 0 unspecified atom stereocenters. The summed E-state index contributed by atoms with van der Waals surface area (Å²) in [5, 5.41) is 6.77. The lowest BCUT2D eigenvalue weighted by molar-refractivity contribution is 0.105. The van der Waals surface area contributed by atoms with E-state index in [2.05, 4.69) is 20.6 Å². The van der Waals surface area contributed by atoms with Crippen LogP contribution in [0.4, 0.5) is 4.39 Å². The van der Waals surface area contributed by atoms with Gasteiger partial charge in [0.15, 0.2) is 5.96 Å². The summed E-state index contributed by atoms with van der Waals surface area (Å²) >= 11 is 0. The molecule has 1 aromatic heterocycles. The Labute approximate surface area is 172 Å². The molecule has 0 spiro atoms. The highest BCUT2D eigenvalue weighted by Gasteiger charge is 2.33. The molecule has 6 nitrogen and oxygen atoms in total. The molecule has 0 radical (unpaired) electrons. The third kappa shape index (κ3) is 5.79. The molecule has 1 heterocycles. The van der Waals surface area contributed by atoms with Crippen LogP contribution in [0.1, 0.15) is 44.6 Å². The van der Waals surface area contributed by atoms with Crippen LogP contribution in [0.2, 0.25) is 0 Å². The summed E-state index contributed by atoms with van der Waals surface area (Å²) in [6.45, 7) is 5.01. The number of hydrogen-bond acceptors (Lipinski definition) is 3. The maximum atomic E-state index is 14.4. The van der Waals surface area contributed by atoms with Crippen LogP contribution in [0.5, 0.6) is 0 Å². The molecule has 1 fully saturated rings. The van der Waals surface area contributed by atoms with Crippen molar-refractivity contribution in [1.29, 1.82) is 0 Å². The highest BCUT2D eigenvalue weighted by Crippen LogP contribution is 2.40. The number of nitrogens with one attached hydrogen (secondary N) is 2. The summed E-state index contributed by atoms with van der Waals surface area (Å²) < 4.78 is 21.7. The molecule has 0 saturated heterocycles. The molecule has 0 aliphatic heterocycles. The van der Waals surface area contributed by atoms with Crippen molar-refractivity contribution >= 4 is 5.96 Å². The van der Waals surface area contributed by atoms with Gasteiger partial charge in [0.2, 0.25) is 0 Å². The third-order valence-electron chi connectivity index (χ3n) is 5.75. The van der Waals surface area contributed by atoms with Gasteiger partial charge in [0.1, 0.15) is 5.82 Å². The molecule has 7 heteroatoms. The Morgan fingerprint density at radius 2 is 2.14 bits per heavy atom. The highest BCUT2D eigenvalue weighted by molar-refractivity contribution is 5.79. The smallest absolute Gasteiger partial charge is 0.191 e. The molecule has 2 N–H and O–H groups in total. The minimum atomic E-state index is -0.272. The van der Waals surface area contributed by atoms with Crippen molar-refractivity contribution < 1.29 is 9.13 Å². The molecule has 1 aromatic carbocycles. The van der Waals surface area contributed by atoms with Gasteiger partial charge in [-0.25, -0.2) is 9.37 Å². The average molecular weight is 402 g/mol. The van der Waals surface area contributed by atoms with E-state index in [1.165, 1.54) is 25.7 Å².